The van der Waals surface area contributed by atoms with Crippen LogP contribution in [0.1, 0.15) is 23.2 Å². The predicted octanol–water partition coefficient (Wildman–Crippen LogP) is 1.43. The third kappa shape index (κ3) is 4.87. The van der Waals surface area contributed by atoms with E-state index < -0.39 is 5.91 Å². The number of hydrogen-bond donors (Lipinski definition) is 2. The van der Waals surface area contributed by atoms with Crippen LogP contribution in [-0.4, -0.2) is 48.8 Å². The molecule has 34 heavy (non-hydrogen) atoms. The molecular weight excluding hydrogens is 444 g/mol. The highest BCUT2D eigenvalue weighted by Gasteiger charge is 2.16. The van der Waals surface area contributed by atoms with Crippen molar-refractivity contribution in [3.63, 3.8) is 0 Å². The maximum atomic E-state index is 12.8. The van der Waals surface area contributed by atoms with Crippen molar-refractivity contribution >= 4 is 22.7 Å². The maximum Gasteiger partial charge on any atom is 0.269 e. The second-order valence-corrected chi connectivity index (χ2v) is 7.43. The quantitative estimate of drug-likeness (QED) is 0.498. The van der Waals surface area contributed by atoms with Crippen molar-refractivity contribution in [1.82, 2.24) is 20.4 Å². The number of benzene rings is 2. The summed E-state index contributed by atoms with van der Waals surface area (Å²) in [6, 6.07) is 8.00. The Morgan fingerprint density at radius 2 is 1.76 bits per heavy atom. The minimum absolute atomic E-state index is 0.0951. The van der Waals surface area contributed by atoms with Gasteiger partial charge in [0.2, 0.25) is 5.91 Å². The van der Waals surface area contributed by atoms with Gasteiger partial charge >= 0.3 is 0 Å². The number of aryl methyl sites for hydroxylation is 1. The van der Waals surface area contributed by atoms with Crippen LogP contribution in [0.25, 0.3) is 10.9 Å². The van der Waals surface area contributed by atoms with Crippen molar-refractivity contribution in [1.29, 1.82) is 0 Å². The molecule has 0 saturated heterocycles. The Balaban J connectivity index is 1.31. The zero-order valence-corrected chi connectivity index (χ0v) is 18.8. The molecule has 2 N–H and O–H groups in total. The van der Waals surface area contributed by atoms with E-state index in [2.05, 4.69) is 15.8 Å². The molecule has 11 heteroatoms. The summed E-state index contributed by atoms with van der Waals surface area (Å²) in [7, 11) is 3.00. The van der Waals surface area contributed by atoms with E-state index in [-0.39, 0.29) is 24.4 Å². The smallest absolute Gasteiger partial charge is 0.269 e. The number of ether oxygens (including phenoxy) is 4. The van der Waals surface area contributed by atoms with Gasteiger partial charge in [-0.2, -0.15) is 0 Å². The van der Waals surface area contributed by atoms with E-state index >= 15 is 0 Å². The Kier molecular flexibility index (Phi) is 6.81. The van der Waals surface area contributed by atoms with Gasteiger partial charge in [0.05, 0.1) is 31.4 Å². The second-order valence-electron chi connectivity index (χ2n) is 7.43. The third-order valence-electron chi connectivity index (χ3n) is 5.25. The highest BCUT2D eigenvalue weighted by molar-refractivity contribution is 5.96. The average Bonchev–Trinajstić information content (AvgIpc) is 2.87. The molecule has 1 aliphatic heterocycles. The van der Waals surface area contributed by atoms with Crippen molar-refractivity contribution in [2.75, 3.05) is 27.4 Å². The molecule has 0 atom stereocenters. The van der Waals surface area contributed by atoms with Gasteiger partial charge in [-0.25, -0.2) is 4.98 Å². The zero-order valence-electron chi connectivity index (χ0n) is 18.8. The van der Waals surface area contributed by atoms with Gasteiger partial charge in [-0.05, 0) is 30.7 Å². The monoisotopic (exact) mass is 468 g/mol. The highest BCUT2D eigenvalue weighted by Crippen LogP contribution is 2.31. The minimum Gasteiger partial charge on any atom is -0.493 e. The summed E-state index contributed by atoms with van der Waals surface area (Å²) in [5.74, 6) is 1.09. The molecule has 3 aromatic rings. The largest absolute Gasteiger partial charge is 0.493 e. The zero-order chi connectivity index (χ0) is 24.1. The number of fused-ring (bicyclic) bond motifs is 2. The molecule has 2 aromatic carbocycles. The minimum atomic E-state index is -0.482. The van der Waals surface area contributed by atoms with Crippen LogP contribution in [0.5, 0.6) is 23.0 Å². The molecule has 0 bridgehead atoms. The van der Waals surface area contributed by atoms with Gasteiger partial charge in [0.1, 0.15) is 13.2 Å². The molecule has 0 unspecified atom stereocenters. The number of rotatable bonds is 7. The van der Waals surface area contributed by atoms with Gasteiger partial charge in [0.25, 0.3) is 11.5 Å². The number of nitrogens with one attached hydrogen (secondary N) is 2. The summed E-state index contributed by atoms with van der Waals surface area (Å²) < 4.78 is 22.8. The first-order valence-corrected chi connectivity index (χ1v) is 10.6. The highest BCUT2D eigenvalue weighted by atomic mass is 16.6. The van der Waals surface area contributed by atoms with Crippen LogP contribution < -0.4 is 35.4 Å². The number of carbonyl (C=O) groups is 2. The van der Waals surface area contributed by atoms with Gasteiger partial charge in [0.15, 0.2) is 23.0 Å². The Hall–Kier alpha value is -4.28. The second kappa shape index (κ2) is 10.1. The Morgan fingerprint density at radius 1 is 1.03 bits per heavy atom. The number of carbonyl (C=O) groups excluding carboxylic acids is 2. The number of aromatic nitrogens is 2. The van der Waals surface area contributed by atoms with Crippen molar-refractivity contribution in [3.05, 3.63) is 52.6 Å². The summed E-state index contributed by atoms with van der Waals surface area (Å²) in [5.41, 5.74) is 5.30. The van der Waals surface area contributed by atoms with E-state index in [0.717, 1.165) is 0 Å². The topological polar surface area (TPSA) is 130 Å². The summed E-state index contributed by atoms with van der Waals surface area (Å²) in [6.45, 7) is 1.14. The first-order valence-electron chi connectivity index (χ1n) is 10.6. The number of hydrazine groups is 1. The van der Waals surface area contributed by atoms with Crippen LogP contribution in [0.2, 0.25) is 0 Å². The molecule has 2 heterocycles. The van der Waals surface area contributed by atoms with Gasteiger partial charge in [-0.15, -0.1) is 0 Å². The van der Waals surface area contributed by atoms with E-state index in [1.807, 2.05) is 0 Å². The van der Waals surface area contributed by atoms with Gasteiger partial charge in [-0.1, -0.05) is 0 Å². The molecule has 1 aromatic heterocycles. The van der Waals surface area contributed by atoms with Gasteiger partial charge in [0, 0.05) is 24.6 Å². The lowest BCUT2D eigenvalue weighted by Crippen LogP contribution is -2.41. The lowest BCUT2D eigenvalue weighted by Gasteiger charge is -2.18. The Labute approximate surface area is 194 Å². The summed E-state index contributed by atoms with van der Waals surface area (Å²) >= 11 is 0. The van der Waals surface area contributed by atoms with Gasteiger partial charge < -0.3 is 18.9 Å². The van der Waals surface area contributed by atoms with Crippen LogP contribution in [0.4, 0.5) is 0 Å². The first kappa shape index (κ1) is 22.9. The standard InChI is InChI=1S/C23H24N4O7/c1-31-18-11-15-16(12-19(18)32-2)24-13-27(23(15)30)7-3-4-21(28)25-26-22(29)14-5-6-17-20(10-14)34-9-8-33-17/h5-6,10-13H,3-4,7-9H2,1-2H3,(H,25,28)(H,26,29). The average molecular weight is 468 g/mol. The van der Waals surface area contributed by atoms with E-state index in [9.17, 15) is 14.4 Å². The van der Waals surface area contributed by atoms with Crippen molar-refractivity contribution in [2.45, 2.75) is 19.4 Å². The molecule has 2 amide bonds. The van der Waals surface area contributed by atoms with Crippen molar-refractivity contribution in [3.8, 4) is 23.0 Å². The normalized spacial score (nSPS) is 12.2. The van der Waals surface area contributed by atoms with Crippen molar-refractivity contribution < 1.29 is 28.5 Å². The van der Waals surface area contributed by atoms with Gasteiger partial charge in [-0.3, -0.25) is 29.8 Å². The van der Waals surface area contributed by atoms with Crippen LogP contribution in [0.15, 0.2) is 41.5 Å². The lowest BCUT2D eigenvalue weighted by molar-refractivity contribution is -0.122. The number of hydrogen-bond acceptors (Lipinski definition) is 8. The van der Waals surface area contributed by atoms with Crippen LogP contribution in [-0.2, 0) is 11.3 Å². The predicted molar refractivity (Wildman–Crippen MR) is 121 cm³/mol. The third-order valence-corrected chi connectivity index (χ3v) is 5.25. The molecule has 4 rings (SSSR count). The number of amides is 2. The number of nitrogens with zero attached hydrogens (tertiary/aromatic N) is 2. The van der Waals surface area contributed by atoms with E-state index in [1.165, 1.54) is 25.1 Å². The molecule has 11 nitrogen and oxygen atoms in total. The fraction of sp³-hybridized carbons (Fsp3) is 0.304. The van der Waals surface area contributed by atoms with Crippen LogP contribution in [0, 0.1) is 0 Å². The molecule has 0 fully saturated rings. The lowest BCUT2D eigenvalue weighted by atomic mass is 10.2. The molecule has 178 valence electrons. The molecular formula is C23H24N4O7. The Morgan fingerprint density at radius 3 is 2.53 bits per heavy atom. The maximum absolute atomic E-state index is 12.8. The molecule has 0 spiro atoms. The van der Waals surface area contributed by atoms with E-state index in [1.54, 1.807) is 30.3 Å². The first-order chi connectivity index (χ1) is 16.5. The molecule has 0 aliphatic carbocycles. The molecule has 0 saturated carbocycles. The summed E-state index contributed by atoms with van der Waals surface area (Å²) in [6.07, 6.45) is 1.89. The molecule has 1 aliphatic rings. The molecule has 0 radical (unpaired) electrons. The number of methoxy groups -OCH3 is 2. The van der Waals surface area contributed by atoms with Crippen molar-refractivity contribution in [2.24, 2.45) is 0 Å². The fourth-order valence-electron chi connectivity index (χ4n) is 3.50. The summed E-state index contributed by atoms with van der Waals surface area (Å²) in [5, 5.41) is 0.385. The van der Waals surface area contributed by atoms with E-state index in [4.69, 9.17) is 18.9 Å². The SMILES string of the molecule is COc1cc2ncn(CCCC(=O)NNC(=O)c3ccc4c(c3)OCCO4)c(=O)c2cc1OC. The van der Waals surface area contributed by atoms with Crippen LogP contribution in [0.3, 0.4) is 0 Å². The summed E-state index contributed by atoms with van der Waals surface area (Å²) in [4.78, 5) is 41.5. The Bertz CT molecular complexity index is 1290. The van der Waals surface area contributed by atoms with Crippen LogP contribution >= 0.6 is 0 Å². The van der Waals surface area contributed by atoms with E-state index in [0.29, 0.717) is 59.1 Å². The fourth-order valence-corrected chi connectivity index (χ4v) is 3.50.